The van der Waals surface area contributed by atoms with Gasteiger partial charge in [0.25, 0.3) is 0 Å². The van der Waals surface area contributed by atoms with E-state index in [0.717, 1.165) is 16.4 Å². The number of hydrogen-bond acceptors (Lipinski definition) is 3. The van der Waals surface area contributed by atoms with Gasteiger partial charge in [0.15, 0.2) is 5.13 Å². The summed E-state index contributed by atoms with van der Waals surface area (Å²) in [5, 5.41) is 2.69. The van der Waals surface area contributed by atoms with E-state index in [2.05, 4.69) is 4.98 Å². The Morgan fingerprint density at radius 2 is 1.65 bits per heavy atom. The molecule has 0 saturated heterocycles. The lowest BCUT2D eigenvalue weighted by atomic mass is 10.2. The van der Waals surface area contributed by atoms with E-state index >= 15 is 0 Å². The molecular formula is C16H24N2OS. The molecule has 0 spiro atoms. The number of aromatic nitrogens is 1. The van der Waals surface area contributed by atoms with Crippen LogP contribution in [0.2, 0.25) is 0 Å². The Bertz CT molecular complexity index is 494. The van der Waals surface area contributed by atoms with Crippen LogP contribution in [0.25, 0.3) is 11.3 Å². The van der Waals surface area contributed by atoms with Gasteiger partial charge in [0, 0.05) is 24.9 Å². The van der Waals surface area contributed by atoms with Crippen molar-refractivity contribution in [3.8, 4) is 11.3 Å². The summed E-state index contributed by atoms with van der Waals surface area (Å²) in [5.41, 5.74) is 1.98. The quantitative estimate of drug-likeness (QED) is 0.793. The van der Waals surface area contributed by atoms with E-state index in [1.807, 2.05) is 63.4 Å². The largest absolute Gasteiger partial charge is 0.291 e. The number of nitrogens with zero attached hydrogens (tertiary/aromatic N) is 2. The summed E-state index contributed by atoms with van der Waals surface area (Å²) in [5.74, 6) is -0.00559. The fourth-order valence-electron chi connectivity index (χ4n) is 1.29. The van der Waals surface area contributed by atoms with Crippen LogP contribution in [0, 0.1) is 0 Å². The second-order valence-corrected chi connectivity index (χ2v) is 4.30. The van der Waals surface area contributed by atoms with Gasteiger partial charge in [0.2, 0.25) is 5.91 Å². The van der Waals surface area contributed by atoms with E-state index in [0.29, 0.717) is 0 Å². The predicted octanol–water partition coefficient (Wildman–Crippen LogP) is 4.85. The predicted molar refractivity (Wildman–Crippen MR) is 89.3 cm³/mol. The molecule has 0 aliphatic carbocycles. The van der Waals surface area contributed by atoms with Gasteiger partial charge in [-0.2, -0.15) is 0 Å². The van der Waals surface area contributed by atoms with Crippen LogP contribution in [0.4, 0.5) is 5.13 Å². The first-order valence-corrected chi connectivity index (χ1v) is 7.81. The molecule has 1 aromatic heterocycles. The van der Waals surface area contributed by atoms with Crippen LogP contribution in [0.1, 0.15) is 34.6 Å². The highest BCUT2D eigenvalue weighted by atomic mass is 32.1. The highest BCUT2D eigenvalue weighted by Gasteiger charge is 2.10. The number of anilines is 1. The second kappa shape index (κ2) is 10.1. The van der Waals surface area contributed by atoms with Crippen molar-refractivity contribution in [2.45, 2.75) is 34.6 Å². The molecule has 0 fully saturated rings. The van der Waals surface area contributed by atoms with Crippen LogP contribution in [0.15, 0.2) is 35.7 Å². The normalized spacial score (nSPS) is 8.70. The number of benzene rings is 1. The molecule has 110 valence electrons. The van der Waals surface area contributed by atoms with Gasteiger partial charge in [0.1, 0.15) is 0 Å². The highest BCUT2D eigenvalue weighted by molar-refractivity contribution is 7.14. The summed E-state index contributed by atoms with van der Waals surface area (Å²) in [6, 6.07) is 9.93. The molecule has 1 amide bonds. The highest BCUT2D eigenvalue weighted by Crippen LogP contribution is 2.26. The number of amides is 1. The van der Waals surface area contributed by atoms with Gasteiger partial charge in [0.05, 0.1) is 5.69 Å². The Balaban J connectivity index is 0.000000829. The smallest absolute Gasteiger partial charge is 0.225 e. The van der Waals surface area contributed by atoms with Gasteiger partial charge in [-0.15, -0.1) is 11.3 Å². The molecule has 0 unspecified atom stereocenters. The van der Waals surface area contributed by atoms with Crippen molar-refractivity contribution in [3.05, 3.63) is 35.7 Å². The lowest BCUT2D eigenvalue weighted by molar-refractivity contribution is -0.116. The van der Waals surface area contributed by atoms with Crippen molar-refractivity contribution in [3.63, 3.8) is 0 Å². The molecule has 0 N–H and O–H groups in total. The third-order valence-electron chi connectivity index (χ3n) is 2.32. The second-order valence-electron chi connectivity index (χ2n) is 3.46. The van der Waals surface area contributed by atoms with Gasteiger partial charge in [-0.05, 0) is 0 Å². The zero-order valence-electron chi connectivity index (χ0n) is 13.2. The number of carbonyl (C=O) groups is 1. The number of hydrogen-bond donors (Lipinski definition) is 0. The van der Waals surface area contributed by atoms with Crippen LogP contribution < -0.4 is 4.90 Å². The van der Waals surface area contributed by atoms with Gasteiger partial charge >= 0.3 is 0 Å². The number of rotatable bonds is 2. The zero-order valence-corrected chi connectivity index (χ0v) is 14.0. The van der Waals surface area contributed by atoms with E-state index in [9.17, 15) is 4.79 Å². The molecule has 0 saturated carbocycles. The molecule has 1 heterocycles. The molecule has 0 bridgehead atoms. The molecule has 1 aromatic carbocycles. The van der Waals surface area contributed by atoms with Gasteiger partial charge < -0.3 is 0 Å². The van der Waals surface area contributed by atoms with E-state index < -0.39 is 0 Å². The molecule has 3 nitrogen and oxygen atoms in total. The maximum Gasteiger partial charge on any atom is 0.225 e. The first-order chi connectivity index (χ1) is 9.68. The summed E-state index contributed by atoms with van der Waals surface area (Å²) in [7, 11) is 1.73. The molecule has 0 aliphatic rings. The van der Waals surface area contributed by atoms with Crippen LogP contribution >= 0.6 is 11.3 Å². The monoisotopic (exact) mass is 292 g/mol. The van der Waals surface area contributed by atoms with E-state index in [4.69, 9.17) is 0 Å². The van der Waals surface area contributed by atoms with Crippen LogP contribution in [0.3, 0.4) is 0 Å². The van der Waals surface area contributed by atoms with Gasteiger partial charge in [-0.25, -0.2) is 4.98 Å². The Morgan fingerprint density at radius 3 is 2.15 bits per heavy atom. The minimum Gasteiger partial charge on any atom is -0.291 e. The minimum atomic E-state index is -0.00559. The van der Waals surface area contributed by atoms with Gasteiger partial charge in [-0.3, -0.25) is 9.69 Å². The standard InChI is InChI=1S/C12H12N2OS.2C2H6/c1-9(15)14(2)12-13-11(8-16-12)10-6-4-3-5-7-10;2*1-2/h3-8H,1-2H3;2*1-2H3. The Morgan fingerprint density at radius 1 is 1.10 bits per heavy atom. The molecule has 4 heteroatoms. The zero-order chi connectivity index (χ0) is 15.5. The Labute approximate surface area is 126 Å². The molecule has 20 heavy (non-hydrogen) atoms. The van der Waals surface area contributed by atoms with Crippen molar-refractivity contribution in [1.29, 1.82) is 0 Å². The summed E-state index contributed by atoms with van der Waals surface area (Å²) in [4.78, 5) is 17.2. The average Bonchev–Trinajstić information content (AvgIpc) is 3.01. The van der Waals surface area contributed by atoms with Crippen molar-refractivity contribution in [1.82, 2.24) is 4.98 Å². The lowest BCUT2D eigenvalue weighted by Crippen LogP contribution is -2.22. The van der Waals surface area contributed by atoms with Crippen molar-refractivity contribution in [2.24, 2.45) is 0 Å². The fourth-order valence-corrected chi connectivity index (χ4v) is 2.14. The van der Waals surface area contributed by atoms with Gasteiger partial charge in [-0.1, -0.05) is 58.0 Å². The minimum absolute atomic E-state index is 0.00559. The Hall–Kier alpha value is -1.68. The van der Waals surface area contributed by atoms with Crippen LogP contribution in [-0.4, -0.2) is 17.9 Å². The number of carbonyl (C=O) groups excluding carboxylic acids is 1. The summed E-state index contributed by atoms with van der Waals surface area (Å²) in [6.45, 7) is 9.53. The van der Waals surface area contributed by atoms with E-state index in [1.54, 1.807) is 11.9 Å². The fraction of sp³-hybridized carbons (Fsp3) is 0.375. The first kappa shape index (κ1) is 18.3. The van der Waals surface area contributed by atoms with E-state index in [1.165, 1.54) is 18.3 Å². The summed E-state index contributed by atoms with van der Waals surface area (Å²) >= 11 is 1.47. The molecule has 0 radical (unpaired) electrons. The summed E-state index contributed by atoms with van der Waals surface area (Å²) < 4.78 is 0. The van der Waals surface area contributed by atoms with Crippen LogP contribution in [-0.2, 0) is 4.79 Å². The van der Waals surface area contributed by atoms with Crippen molar-refractivity contribution >= 4 is 22.4 Å². The first-order valence-electron chi connectivity index (χ1n) is 6.93. The van der Waals surface area contributed by atoms with Crippen molar-refractivity contribution in [2.75, 3.05) is 11.9 Å². The molecule has 2 aromatic rings. The third-order valence-corrected chi connectivity index (χ3v) is 3.24. The summed E-state index contributed by atoms with van der Waals surface area (Å²) in [6.07, 6.45) is 0. The molecule has 0 atom stereocenters. The Kier molecular flexibility index (Phi) is 9.30. The lowest BCUT2D eigenvalue weighted by Gasteiger charge is -2.09. The van der Waals surface area contributed by atoms with Crippen molar-refractivity contribution < 1.29 is 4.79 Å². The maximum atomic E-state index is 11.2. The molecule has 0 aliphatic heterocycles. The third kappa shape index (κ3) is 5.13. The van der Waals surface area contributed by atoms with E-state index in [-0.39, 0.29) is 5.91 Å². The molecular weight excluding hydrogens is 268 g/mol. The number of thiazole rings is 1. The maximum absolute atomic E-state index is 11.2. The topological polar surface area (TPSA) is 33.2 Å². The molecule has 2 rings (SSSR count). The average molecular weight is 292 g/mol. The SMILES string of the molecule is CC.CC.CC(=O)N(C)c1nc(-c2ccccc2)cs1. The van der Waals surface area contributed by atoms with Crippen LogP contribution in [0.5, 0.6) is 0 Å².